The Morgan fingerprint density at radius 2 is 0.931 bits per heavy atom. The maximum atomic E-state index is 13.0. The summed E-state index contributed by atoms with van der Waals surface area (Å²) in [4.78, 5) is 123. The van der Waals surface area contributed by atoms with Gasteiger partial charge >= 0.3 is 53.7 Å². The number of Topliss-reactive ketones (excluding diaryl/α,β-unsaturated/α-hetero) is 1. The van der Waals surface area contributed by atoms with Gasteiger partial charge in [-0.1, -0.05) is 30.3 Å². The molecule has 3 aromatic carbocycles. The molecule has 3 spiro atoms. The Morgan fingerprint density at radius 3 is 1.33 bits per heavy atom. The first-order chi connectivity index (χ1) is 48.0. The van der Waals surface area contributed by atoms with Gasteiger partial charge in [0.1, 0.15) is 40.8 Å². The minimum Gasteiger partial charge on any atom is -0.504 e. The molecule has 546 valence electrons. The molecule has 6 aliphatic carbocycles. The number of benzene rings is 3. The highest BCUT2D eigenvalue weighted by Gasteiger charge is 2.75. The summed E-state index contributed by atoms with van der Waals surface area (Å²) in [6, 6.07) is 11.6. The van der Waals surface area contributed by atoms with Crippen molar-refractivity contribution in [2.45, 2.75) is 207 Å². The largest absolute Gasteiger partial charge is 0.504 e. The van der Waals surface area contributed by atoms with E-state index in [0.717, 1.165) is 90.2 Å². The van der Waals surface area contributed by atoms with Gasteiger partial charge < -0.3 is 88.0 Å². The van der Waals surface area contributed by atoms with Gasteiger partial charge in [0.05, 0.1) is 33.0 Å². The number of cyclic esters (lactones) is 2. The Morgan fingerprint density at radius 1 is 0.539 bits per heavy atom. The number of nitrogens with zero attached hydrogens (tertiary/aromatic N) is 3. The minimum absolute atomic E-state index is 0.0536. The average Bonchev–Trinajstić information content (AvgIpc) is 1.44. The minimum atomic E-state index is -1.70. The van der Waals surface area contributed by atoms with Gasteiger partial charge in [0.15, 0.2) is 35.6 Å². The summed E-state index contributed by atoms with van der Waals surface area (Å²) < 4.78 is 48.7. The molecular weight excluding hydrogens is 1330 g/mol. The van der Waals surface area contributed by atoms with Crippen molar-refractivity contribution in [2.24, 2.45) is 17.8 Å². The predicted octanol–water partition coefficient (Wildman–Crippen LogP) is 3.32. The molecule has 4 saturated heterocycles. The number of ether oxygens (including phenoxy) is 9. The SMILES string of the molecule is CC(=O)O[C@@H]1C(=O)OC(=O)[C@H]1C.CC(=O)O[C@H](C(=O)O)[C@H](C)C(=O)OC1=CC[C@@]2(O)[C@H]3Cc4ccc(C)c5c4[C@@]2(CCN3C)[C@H]1O5.CC(=O)O[C@H](C(=O)O)[C@H](C)C(=O)OC1=CC[C@@]2(O)[C@H]3Cc4ccc(O)c5c4[C@@]2(CCN3C)[C@H]1O5.Cc1ccc2c3c1O[C@H]1C(=O)CC[C@@]4(O)[C@@H](C2)N(C)CC[C@]314. The Balaban J connectivity index is 0.000000128. The summed E-state index contributed by atoms with van der Waals surface area (Å²) in [5, 5.41) is 65.3. The Bertz CT molecular complexity index is 4030. The molecule has 16 rings (SSSR count). The summed E-state index contributed by atoms with van der Waals surface area (Å²) in [6.45, 7) is 13.8. The van der Waals surface area contributed by atoms with Crippen LogP contribution in [0.15, 0.2) is 60.1 Å². The molecule has 0 amide bonds. The Labute approximate surface area is 586 Å². The monoisotopic (exact) mass is 1420 g/mol. The lowest BCUT2D eigenvalue weighted by atomic mass is 9.49. The number of aliphatic carboxylic acids is 2. The van der Waals surface area contributed by atoms with E-state index in [1.165, 1.54) is 33.3 Å². The summed E-state index contributed by atoms with van der Waals surface area (Å²) in [5.41, 5.74) is 2.93. The van der Waals surface area contributed by atoms with E-state index in [-0.39, 0.29) is 59.8 Å². The maximum absolute atomic E-state index is 13.0. The van der Waals surface area contributed by atoms with E-state index < -0.39 is 141 Å². The van der Waals surface area contributed by atoms with Crippen LogP contribution in [0.3, 0.4) is 0 Å². The molecule has 7 heterocycles. The van der Waals surface area contributed by atoms with Crippen LogP contribution in [0.25, 0.3) is 0 Å². The number of hydrogen-bond acceptors (Lipinski definition) is 26. The second-order valence-electron chi connectivity index (χ2n) is 29.8. The number of carbonyl (C=O) groups is 10. The third-order valence-electron chi connectivity index (χ3n) is 24.4. The van der Waals surface area contributed by atoms with Crippen LogP contribution in [0.5, 0.6) is 23.0 Å². The van der Waals surface area contributed by atoms with E-state index in [2.05, 4.69) is 49.4 Å². The van der Waals surface area contributed by atoms with Crippen LogP contribution in [0.2, 0.25) is 0 Å². The molecule has 102 heavy (non-hydrogen) atoms. The maximum Gasteiger partial charge on any atom is 0.356 e. The number of aliphatic hydroxyl groups is 3. The van der Waals surface area contributed by atoms with Crippen LogP contribution >= 0.6 is 0 Å². The summed E-state index contributed by atoms with van der Waals surface area (Å²) in [6.07, 6.45) is 2.33. The number of aromatic hydroxyl groups is 1. The first-order valence-corrected chi connectivity index (χ1v) is 34.5. The molecule has 6 N–H and O–H groups in total. The number of rotatable bonds is 11. The Kier molecular flexibility index (Phi) is 17.7. The molecule has 7 aliphatic heterocycles. The van der Waals surface area contributed by atoms with Gasteiger partial charge in [-0.05, 0) is 166 Å². The zero-order chi connectivity index (χ0) is 73.7. The second-order valence-corrected chi connectivity index (χ2v) is 29.8. The fraction of sp³-hybridized carbons (Fsp3) is 0.568. The summed E-state index contributed by atoms with van der Waals surface area (Å²) in [5.74, 6) is -9.10. The standard InChI is InChI=1S/C25H29NO8.C24H27NO9.C18H21NO3.C7H8O5/c1-12-5-6-15-11-17-25(31)8-7-16(33-23(30)13(2)20(22(28)29)32-14(3)27)21-24(25,9-10-26(17)4)18(15)19(12)34-21;1-11(18(21(28)29)32-12(2)26)22(30)33-15-6-7-24(31)16-10-13-4-5-14(27)19-17(13)23(24,20(15)34-19)8-9-25(16)3;1-10-3-4-11-9-13-18(21)6-5-12(20)16-17(18,7-8-19(13)2)14(11)15(10)22-16;1-3-5(11-4(2)8)7(10)12-6(3)9/h5-7,13,17,20-21,31H,8-11H2,1-4H3,(H,28,29);4-6,11,16,18,20,27,31H,7-10H2,1-3H3,(H,28,29);3-4,13,16,21H,5-9H2,1-2H3;3,5H,1-2H3/t13-,17+,20-,21-,24-,25+;11-,16+,18-,20-,23-,24+;13-,16+,17+,18-;3-,5-/m0010/s1. The molecular formula is C74H85N3O25. The lowest BCUT2D eigenvalue weighted by Gasteiger charge is -2.62. The van der Waals surface area contributed by atoms with Gasteiger partial charge in [-0.2, -0.15) is 0 Å². The van der Waals surface area contributed by atoms with Crippen LogP contribution < -0.4 is 14.2 Å². The third-order valence-corrected chi connectivity index (χ3v) is 24.4. The smallest absolute Gasteiger partial charge is 0.356 e. The normalized spacial score (nSPS) is 34.1. The summed E-state index contributed by atoms with van der Waals surface area (Å²) >= 11 is 0. The molecule has 0 aromatic heterocycles. The molecule has 18 atom stereocenters. The van der Waals surface area contributed by atoms with Crippen molar-refractivity contribution >= 4 is 59.5 Å². The van der Waals surface area contributed by atoms with Crippen LogP contribution in [-0.4, -0.2) is 217 Å². The van der Waals surface area contributed by atoms with Crippen molar-refractivity contribution in [3.8, 4) is 23.0 Å². The van der Waals surface area contributed by atoms with Crippen LogP contribution in [0, 0.1) is 31.6 Å². The average molecular weight is 1420 g/mol. The van der Waals surface area contributed by atoms with Crippen molar-refractivity contribution in [1.29, 1.82) is 0 Å². The first-order valence-electron chi connectivity index (χ1n) is 34.5. The highest BCUT2D eigenvalue weighted by molar-refractivity contribution is 5.99. The van der Waals surface area contributed by atoms with Crippen molar-refractivity contribution in [2.75, 3.05) is 40.8 Å². The molecule has 6 bridgehead atoms. The van der Waals surface area contributed by atoms with E-state index in [4.69, 9.17) is 33.2 Å². The van der Waals surface area contributed by atoms with Crippen molar-refractivity contribution < 1.29 is 121 Å². The predicted molar refractivity (Wildman–Crippen MR) is 350 cm³/mol. The first kappa shape index (κ1) is 71.6. The molecule has 28 nitrogen and oxygen atoms in total. The van der Waals surface area contributed by atoms with Gasteiger partial charge in [0.25, 0.3) is 0 Å². The van der Waals surface area contributed by atoms with Crippen molar-refractivity contribution in [3.05, 3.63) is 105 Å². The zero-order valence-electron chi connectivity index (χ0n) is 58.5. The number of carboxylic acid groups (broad SMARTS) is 2. The van der Waals surface area contributed by atoms with Gasteiger partial charge in [-0.25, -0.2) is 14.4 Å². The number of phenols is 1. The van der Waals surface area contributed by atoms with Crippen molar-refractivity contribution in [3.63, 3.8) is 0 Å². The molecule has 3 aromatic rings. The molecule has 28 heteroatoms. The number of hydrogen-bond donors (Lipinski definition) is 6. The number of phenolic OH excluding ortho intramolecular Hbond substituents is 1. The number of carbonyl (C=O) groups excluding carboxylic acids is 8. The zero-order valence-corrected chi connectivity index (χ0v) is 58.5. The topological polar surface area (TPSA) is 385 Å². The number of likely N-dealkylation sites (N-methyl/N-ethyl adjacent to an activating group) is 3. The van der Waals surface area contributed by atoms with Gasteiger partial charge in [-0.15, -0.1) is 0 Å². The molecule has 5 fully saturated rings. The van der Waals surface area contributed by atoms with Gasteiger partial charge in [0.2, 0.25) is 18.3 Å². The number of carboxylic acids is 2. The van der Waals surface area contributed by atoms with Crippen LogP contribution in [0.1, 0.15) is 131 Å². The second kappa shape index (κ2) is 25.3. The van der Waals surface area contributed by atoms with Crippen LogP contribution in [-0.2, 0) is 112 Å². The molecule has 13 aliphatic rings. The molecule has 0 radical (unpaired) electrons. The lowest BCUT2D eigenvalue weighted by molar-refractivity contribution is -0.185. The van der Waals surface area contributed by atoms with Gasteiger partial charge in [0, 0.05) is 74.8 Å². The highest BCUT2D eigenvalue weighted by atomic mass is 16.6. The fourth-order valence-electron chi connectivity index (χ4n) is 19.4. The number of ketones is 1. The Hall–Kier alpha value is -8.80. The van der Waals surface area contributed by atoms with E-state index in [0.29, 0.717) is 45.1 Å². The van der Waals surface area contributed by atoms with E-state index in [9.17, 15) is 78.6 Å². The molecule has 1 saturated carbocycles. The number of piperidine rings is 3. The summed E-state index contributed by atoms with van der Waals surface area (Å²) in [7, 11) is 6.08. The van der Waals surface area contributed by atoms with E-state index >= 15 is 0 Å². The molecule has 0 unspecified atom stereocenters. The number of aryl methyl sites for hydroxylation is 2. The quantitative estimate of drug-likeness (QED) is 0.0911. The highest BCUT2D eigenvalue weighted by Crippen LogP contribution is 2.68. The van der Waals surface area contributed by atoms with E-state index in [1.807, 2.05) is 40.1 Å². The van der Waals surface area contributed by atoms with Gasteiger partial charge in [-0.3, -0.25) is 33.6 Å². The number of esters is 7. The lowest BCUT2D eigenvalue weighted by Crippen LogP contribution is -2.76. The van der Waals surface area contributed by atoms with E-state index in [1.54, 1.807) is 18.2 Å². The van der Waals surface area contributed by atoms with Crippen LogP contribution in [0.4, 0.5) is 0 Å². The third kappa shape index (κ3) is 10.4. The number of likely N-dealkylation sites (tertiary alicyclic amines) is 3. The fourth-order valence-corrected chi connectivity index (χ4v) is 19.4. The van der Waals surface area contributed by atoms with Crippen molar-refractivity contribution in [1.82, 2.24) is 14.7 Å².